The van der Waals surface area contributed by atoms with Crippen molar-refractivity contribution in [1.82, 2.24) is 30.4 Å². The summed E-state index contributed by atoms with van der Waals surface area (Å²) in [6, 6.07) is 20.4. The molecule has 6 rings (SSSR count). The normalized spacial score (nSPS) is 12.4. The molecule has 4 aromatic heterocycles. The number of carbonyl (C=O) groups is 2. The summed E-state index contributed by atoms with van der Waals surface area (Å²) in [6.07, 6.45) is 2.18. The SMILES string of the molecule is C=CCC(Sc1nnc(-c2ccsc2)[nH]1)C(=O)Nc1ccc(-c2cc(-c3nnc(SC(O)C(=O)Nc4ccccc4)[nH]3)cs2)cc1. The highest BCUT2D eigenvalue weighted by Gasteiger charge is 2.22. The molecule has 5 N–H and O–H groups in total. The maximum absolute atomic E-state index is 13.2. The summed E-state index contributed by atoms with van der Waals surface area (Å²) in [5, 5.41) is 39.0. The van der Waals surface area contributed by atoms with E-state index >= 15 is 0 Å². The summed E-state index contributed by atoms with van der Waals surface area (Å²) in [5.41, 5.74) is 2.64. The number of aromatic amines is 2. The minimum Gasteiger partial charge on any atom is -0.373 e. The fourth-order valence-corrected chi connectivity index (χ4v) is 7.26. The van der Waals surface area contributed by atoms with Crippen LogP contribution in [0, 0.1) is 0 Å². The van der Waals surface area contributed by atoms with Crippen molar-refractivity contribution in [1.29, 1.82) is 0 Å². The maximum Gasteiger partial charge on any atom is 0.264 e. The number of para-hydroxylation sites is 1. The van der Waals surface area contributed by atoms with E-state index in [1.807, 2.05) is 58.6 Å². The Bertz CT molecular complexity index is 1920. The molecule has 0 aliphatic carbocycles. The predicted octanol–water partition coefficient (Wildman–Crippen LogP) is 6.77. The minimum atomic E-state index is -1.37. The second-order valence-electron chi connectivity index (χ2n) is 9.69. The third kappa shape index (κ3) is 7.81. The topological polar surface area (TPSA) is 162 Å². The zero-order chi connectivity index (χ0) is 31.9. The third-order valence-electron chi connectivity index (χ3n) is 6.45. The Morgan fingerprint density at radius 2 is 1.50 bits per heavy atom. The number of anilines is 2. The van der Waals surface area contributed by atoms with Crippen LogP contribution in [-0.4, -0.2) is 58.0 Å². The van der Waals surface area contributed by atoms with E-state index in [0.29, 0.717) is 39.8 Å². The molecule has 0 bridgehead atoms. The Morgan fingerprint density at radius 3 is 2.20 bits per heavy atom. The van der Waals surface area contributed by atoms with Gasteiger partial charge in [-0.3, -0.25) is 9.59 Å². The number of hydrogen-bond donors (Lipinski definition) is 5. The van der Waals surface area contributed by atoms with Crippen molar-refractivity contribution in [2.45, 2.75) is 27.4 Å². The van der Waals surface area contributed by atoms with Gasteiger partial charge >= 0.3 is 0 Å². The van der Waals surface area contributed by atoms with Crippen molar-refractivity contribution < 1.29 is 14.7 Å². The van der Waals surface area contributed by atoms with Crippen molar-refractivity contribution in [3.8, 4) is 33.2 Å². The number of allylic oxidation sites excluding steroid dienone is 1. The number of thiophene rings is 2. The van der Waals surface area contributed by atoms with Gasteiger partial charge in [0, 0.05) is 38.1 Å². The highest BCUT2D eigenvalue weighted by molar-refractivity contribution is 8.00. The second-order valence-corrected chi connectivity index (χ2v) is 13.6. The fourth-order valence-electron chi connectivity index (χ4n) is 4.19. The summed E-state index contributed by atoms with van der Waals surface area (Å²) in [7, 11) is 0. The van der Waals surface area contributed by atoms with Crippen molar-refractivity contribution in [2.75, 3.05) is 10.6 Å². The quantitative estimate of drug-likeness (QED) is 0.0502. The molecule has 232 valence electrons. The first-order valence-corrected chi connectivity index (χ1v) is 17.4. The highest BCUT2D eigenvalue weighted by Crippen LogP contribution is 2.33. The fraction of sp³-hybridized carbons (Fsp3) is 0.0968. The molecule has 11 nitrogen and oxygen atoms in total. The predicted molar refractivity (Wildman–Crippen MR) is 185 cm³/mol. The summed E-state index contributed by atoms with van der Waals surface area (Å²) < 4.78 is 0. The molecular weight excluding hydrogens is 661 g/mol. The number of nitrogens with one attached hydrogen (secondary N) is 4. The van der Waals surface area contributed by atoms with E-state index in [-0.39, 0.29) is 5.91 Å². The van der Waals surface area contributed by atoms with E-state index in [9.17, 15) is 14.7 Å². The Labute approximate surface area is 280 Å². The summed E-state index contributed by atoms with van der Waals surface area (Å²) in [5.74, 6) is 0.467. The van der Waals surface area contributed by atoms with Gasteiger partial charge in [-0.1, -0.05) is 48.2 Å². The number of aliphatic hydroxyl groups excluding tert-OH is 1. The summed E-state index contributed by atoms with van der Waals surface area (Å²) >= 11 is 5.29. The number of thioether (sulfide) groups is 2. The molecule has 2 atom stereocenters. The van der Waals surface area contributed by atoms with Crippen LogP contribution < -0.4 is 10.6 Å². The van der Waals surface area contributed by atoms with Crippen LogP contribution in [-0.2, 0) is 9.59 Å². The van der Waals surface area contributed by atoms with Gasteiger partial charge in [0.15, 0.2) is 27.4 Å². The lowest BCUT2D eigenvalue weighted by molar-refractivity contribution is -0.120. The zero-order valence-corrected chi connectivity index (χ0v) is 27.2. The lowest BCUT2D eigenvalue weighted by Crippen LogP contribution is -2.24. The largest absolute Gasteiger partial charge is 0.373 e. The molecule has 0 aliphatic heterocycles. The van der Waals surface area contributed by atoms with Crippen LogP contribution in [0.3, 0.4) is 0 Å². The van der Waals surface area contributed by atoms with Crippen molar-refractivity contribution in [2.24, 2.45) is 0 Å². The average Bonchev–Trinajstić information content (AvgIpc) is 3.89. The molecule has 0 spiro atoms. The van der Waals surface area contributed by atoms with E-state index in [1.165, 1.54) is 23.1 Å². The van der Waals surface area contributed by atoms with E-state index in [0.717, 1.165) is 33.3 Å². The van der Waals surface area contributed by atoms with Gasteiger partial charge in [0.2, 0.25) is 5.91 Å². The number of rotatable bonds is 13. The zero-order valence-electron chi connectivity index (χ0n) is 23.9. The lowest BCUT2D eigenvalue weighted by Gasteiger charge is -2.13. The molecule has 0 saturated heterocycles. The number of benzene rings is 2. The van der Waals surface area contributed by atoms with Crippen molar-refractivity contribution in [3.05, 3.63) is 95.5 Å². The number of aromatic nitrogens is 6. The maximum atomic E-state index is 13.2. The molecule has 2 amide bonds. The first-order valence-electron chi connectivity index (χ1n) is 13.8. The molecule has 0 fully saturated rings. The number of hydrogen-bond acceptors (Lipinski definition) is 11. The molecule has 4 heterocycles. The average molecular weight is 687 g/mol. The van der Waals surface area contributed by atoms with Gasteiger partial charge in [0.25, 0.3) is 5.91 Å². The molecule has 0 saturated carbocycles. The molecule has 46 heavy (non-hydrogen) atoms. The van der Waals surface area contributed by atoms with Gasteiger partial charge in [0.05, 0.1) is 5.25 Å². The first-order chi connectivity index (χ1) is 22.4. The van der Waals surface area contributed by atoms with Crippen LogP contribution in [0.2, 0.25) is 0 Å². The number of amides is 2. The first kappa shape index (κ1) is 31.4. The molecular formula is C31H26N8O3S4. The summed E-state index contributed by atoms with van der Waals surface area (Å²) in [4.78, 5) is 32.7. The van der Waals surface area contributed by atoms with E-state index in [2.05, 4.69) is 47.6 Å². The molecule has 0 aliphatic rings. The molecule has 15 heteroatoms. The standard InChI is InChI=1S/C31H26N8O3S4/c1-2-6-23(45-30-34-25(36-38-30)19-13-14-43-16-19)27(40)32-22-11-9-18(10-12-22)24-15-20(17-44-24)26-35-31(39-37-26)46-29(42)28(41)33-21-7-4-3-5-8-21/h2-5,7-17,23,29,42H,1,6H2,(H,32,40)(H,33,41)(H,34,36,38)(H,35,37,39). The van der Waals surface area contributed by atoms with Gasteiger partial charge in [-0.25, -0.2) is 0 Å². The third-order valence-corrected chi connectivity index (χ3v) is 10.1. The van der Waals surface area contributed by atoms with Crippen LogP contribution in [0.15, 0.2) is 106 Å². The van der Waals surface area contributed by atoms with Crippen molar-refractivity contribution in [3.63, 3.8) is 0 Å². The number of aliphatic hydroxyl groups is 1. The van der Waals surface area contributed by atoms with Crippen LogP contribution in [0.1, 0.15) is 6.42 Å². The Hall–Kier alpha value is -4.54. The smallest absolute Gasteiger partial charge is 0.264 e. The number of carbonyl (C=O) groups excluding carboxylic acids is 2. The minimum absolute atomic E-state index is 0.161. The van der Waals surface area contributed by atoms with Crippen LogP contribution >= 0.6 is 46.2 Å². The molecule has 0 radical (unpaired) electrons. The monoisotopic (exact) mass is 686 g/mol. The highest BCUT2D eigenvalue weighted by atomic mass is 32.2. The van der Waals surface area contributed by atoms with Crippen molar-refractivity contribution >= 4 is 69.4 Å². The summed E-state index contributed by atoms with van der Waals surface area (Å²) in [6.45, 7) is 3.81. The number of nitrogens with zero attached hydrogens (tertiary/aromatic N) is 4. The van der Waals surface area contributed by atoms with Crippen LogP contribution in [0.25, 0.3) is 33.2 Å². The van der Waals surface area contributed by atoms with Gasteiger partial charge < -0.3 is 25.7 Å². The molecule has 2 unspecified atom stereocenters. The van der Waals surface area contributed by atoms with Gasteiger partial charge in [0.1, 0.15) is 0 Å². The van der Waals surface area contributed by atoms with Gasteiger partial charge in [-0.05, 0) is 65.5 Å². The van der Waals surface area contributed by atoms with Gasteiger partial charge in [-0.15, -0.1) is 38.3 Å². The molecule has 6 aromatic rings. The van der Waals surface area contributed by atoms with Crippen LogP contribution in [0.5, 0.6) is 0 Å². The Kier molecular flexibility index (Phi) is 10.0. The molecule has 2 aromatic carbocycles. The second kappa shape index (κ2) is 14.7. The lowest BCUT2D eigenvalue weighted by atomic mass is 10.1. The van der Waals surface area contributed by atoms with E-state index < -0.39 is 16.6 Å². The Morgan fingerprint density at radius 1 is 0.826 bits per heavy atom. The Balaban J connectivity index is 1.05. The van der Waals surface area contributed by atoms with Gasteiger partial charge in [-0.2, -0.15) is 11.3 Å². The van der Waals surface area contributed by atoms with E-state index in [1.54, 1.807) is 41.7 Å². The number of H-pyrrole nitrogens is 2. The van der Waals surface area contributed by atoms with E-state index in [4.69, 9.17) is 0 Å². The van der Waals surface area contributed by atoms with Crippen LogP contribution in [0.4, 0.5) is 11.4 Å².